The highest BCUT2D eigenvalue weighted by Crippen LogP contribution is 2.10. The second-order valence-electron chi connectivity index (χ2n) is 5.37. The molecular formula is C18H32O2. The highest BCUT2D eigenvalue weighted by atomic mass is 16.4. The summed E-state index contributed by atoms with van der Waals surface area (Å²) < 4.78 is 0. The van der Waals surface area contributed by atoms with Crippen molar-refractivity contribution in [3.8, 4) is 0 Å². The summed E-state index contributed by atoms with van der Waals surface area (Å²) in [4.78, 5) is 10.3. The maximum atomic E-state index is 10.3. The van der Waals surface area contributed by atoms with Crippen LogP contribution >= 0.6 is 0 Å². The van der Waals surface area contributed by atoms with E-state index in [0.717, 1.165) is 19.3 Å². The van der Waals surface area contributed by atoms with E-state index in [1.165, 1.54) is 51.4 Å². The first-order valence-corrected chi connectivity index (χ1v) is 8.29. The van der Waals surface area contributed by atoms with Crippen molar-refractivity contribution >= 4 is 5.97 Å². The van der Waals surface area contributed by atoms with Gasteiger partial charge in [0.2, 0.25) is 0 Å². The summed E-state index contributed by atoms with van der Waals surface area (Å²) in [7, 11) is 0. The van der Waals surface area contributed by atoms with E-state index >= 15 is 0 Å². The Morgan fingerprint density at radius 2 is 1.35 bits per heavy atom. The van der Waals surface area contributed by atoms with Crippen LogP contribution in [-0.2, 0) is 4.79 Å². The molecule has 0 heterocycles. The Morgan fingerprint density at radius 1 is 0.800 bits per heavy atom. The zero-order chi connectivity index (χ0) is 14.9. The maximum Gasteiger partial charge on any atom is 0.303 e. The molecule has 0 radical (unpaired) electrons. The van der Waals surface area contributed by atoms with Gasteiger partial charge in [0.25, 0.3) is 0 Å². The van der Waals surface area contributed by atoms with Crippen LogP contribution in [0.2, 0.25) is 0 Å². The Hall–Kier alpha value is -1.05. The van der Waals surface area contributed by atoms with Crippen LogP contribution in [0.4, 0.5) is 0 Å². The molecule has 2 heteroatoms. The predicted octanol–water partition coefficient (Wildman–Crippen LogP) is 5.88. The molecule has 0 unspecified atom stereocenters. The topological polar surface area (TPSA) is 37.3 Å². The van der Waals surface area contributed by atoms with Crippen LogP contribution in [0.1, 0.15) is 84.0 Å². The fourth-order valence-corrected chi connectivity index (χ4v) is 2.10. The minimum Gasteiger partial charge on any atom is -0.481 e. The molecule has 0 saturated heterocycles. The molecule has 0 aromatic rings. The van der Waals surface area contributed by atoms with E-state index in [1.54, 1.807) is 0 Å². The van der Waals surface area contributed by atoms with E-state index in [2.05, 4.69) is 31.2 Å². The number of hydrogen-bond acceptors (Lipinski definition) is 1. The lowest BCUT2D eigenvalue weighted by Gasteiger charge is -2.00. The van der Waals surface area contributed by atoms with E-state index < -0.39 is 5.97 Å². The SMILES string of the molecule is CCC/C=C\C/C=C\CCCCCCCCCC(=O)O. The molecule has 2 nitrogen and oxygen atoms in total. The van der Waals surface area contributed by atoms with Gasteiger partial charge in [0.1, 0.15) is 0 Å². The summed E-state index contributed by atoms with van der Waals surface area (Å²) in [6, 6.07) is 0. The average Bonchev–Trinajstić information content (AvgIpc) is 2.43. The molecule has 0 bridgehead atoms. The largest absolute Gasteiger partial charge is 0.481 e. The molecule has 0 fully saturated rings. The summed E-state index contributed by atoms with van der Waals surface area (Å²) in [5.74, 6) is -0.665. The molecule has 20 heavy (non-hydrogen) atoms. The van der Waals surface area contributed by atoms with Crippen molar-refractivity contribution in [2.45, 2.75) is 84.0 Å². The molecular weight excluding hydrogens is 248 g/mol. The Kier molecular flexibility index (Phi) is 15.2. The summed E-state index contributed by atoms with van der Waals surface area (Å²) >= 11 is 0. The monoisotopic (exact) mass is 280 g/mol. The summed E-state index contributed by atoms with van der Waals surface area (Å²) in [5, 5.41) is 8.51. The first-order chi connectivity index (χ1) is 9.77. The molecule has 0 saturated carbocycles. The van der Waals surface area contributed by atoms with Crippen molar-refractivity contribution in [1.82, 2.24) is 0 Å². The second kappa shape index (κ2) is 16.0. The third kappa shape index (κ3) is 16.9. The number of carboxylic acid groups (broad SMARTS) is 1. The number of aliphatic carboxylic acids is 1. The van der Waals surface area contributed by atoms with Crippen molar-refractivity contribution in [2.75, 3.05) is 0 Å². The van der Waals surface area contributed by atoms with E-state index in [9.17, 15) is 4.79 Å². The number of allylic oxidation sites excluding steroid dienone is 4. The van der Waals surface area contributed by atoms with Crippen molar-refractivity contribution < 1.29 is 9.90 Å². The first-order valence-electron chi connectivity index (χ1n) is 8.29. The first kappa shape index (κ1) is 18.9. The van der Waals surface area contributed by atoms with Gasteiger partial charge in [-0.2, -0.15) is 0 Å². The van der Waals surface area contributed by atoms with Gasteiger partial charge < -0.3 is 5.11 Å². The highest BCUT2D eigenvalue weighted by Gasteiger charge is 1.96. The quantitative estimate of drug-likeness (QED) is 0.318. The van der Waals surface area contributed by atoms with E-state index in [1.807, 2.05) is 0 Å². The Bertz CT molecular complexity index is 267. The number of unbranched alkanes of at least 4 members (excludes halogenated alkanes) is 8. The molecule has 0 rings (SSSR count). The smallest absolute Gasteiger partial charge is 0.303 e. The zero-order valence-corrected chi connectivity index (χ0v) is 13.2. The third-order valence-electron chi connectivity index (χ3n) is 3.32. The normalized spacial score (nSPS) is 11.7. The van der Waals surface area contributed by atoms with Crippen molar-refractivity contribution in [3.05, 3.63) is 24.3 Å². The van der Waals surface area contributed by atoms with Gasteiger partial charge in [-0.1, -0.05) is 69.8 Å². The molecule has 0 aliphatic rings. The second-order valence-corrected chi connectivity index (χ2v) is 5.37. The molecule has 0 aliphatic carbocycles. The lowest BCUT2D eigenvalue weighted by Crippen LogP contribution is -1.93. The van der Waals surface area contributed by atoms with Crippen molar-refractivity contribution in [3.63, 3.8) is 0 Å². The highest BCUT2D eigenvalue weighted by molar-refractivity contribution is 5.66. The molecule has 0 aliphatic heterocycles. The number of carbonyl (C=O) groups is 1. The minimum absolute atomic E-state index is 0.331. The maximum absolute atomic E-state index is 10.3. The lowest BCUT2D eigenvalue weighted by atomic mass is 10.1. The van der Waals surface area contributed by atoms with Crippen LogP contribution < -0.4 is 0 Å². The predicted molar refractivity (Wildman–Crippen MR) is 87.0 cm³/mol. The van der Waals surface area contributed by atoms with Crippen LogP contribution in [0.5, 0.6) is 0 Å². The minimum atomic E-state index is -0.665. The molecule has 0 atom stereocenters. The molecule has 0 aromatic carbocycles. The standard InChI is InChI=1S/C18H32O2/c1-2-3-4-5-6-7-8-9-10-11-12-13-14-15-16-17-18(19)20/h4-5,7-8H,2-3,6,9-17H2,1H3,(H,19,20)/b5-4-,8-7-. The van der Waals surface area contributed by atoms with Gasteiger partial charge in [0.05, 0.1) is 0 Å². The zero-order valence-electron chi connectivity index (χ0n) is 13.2. The number of carboxylic acids is 1. The summed E-state index contributed by atoms with van der Waals surface area (Å²) in [5.41, 5.74) is 0. The molecule has 1 N–H and O–H groups in total. The number of hydrogen-bond donors (Lipinski definition) is 1. The fraction of sp³-hybridized carbons (Fsp3) is 0.722. The van der Waals surface area contributed by atoms with Gasteiger partial charge >= 0.3 is 5.97 Å². The van der Waals surface area contributed by atoms with E-state index in [-0.39, 0.29) is 0 Å². The van der Waals surface area contributed by atoms with Gasteiger partial charge in [-0.25, -0.2) is 0 Å². The van der Waals surface area contributed by atoms with Crippen LogP contribution in [-0.4, -0.2) is 11.1 Å². The van der Waals surface area contributed by atoms with E-state index in [4.69, 9.17) is 5.11 Å². The van der Waals surface area contributed by atoms with E-state index in [0.29, 0.717) is 6.42 Å². The molecule has 0 amide bonds. The lowest BCUT2D eigenvalue weighted by molar-refractivity contribution is -0.137. The van der Waals surface area contributed by atoms with Crippen LogP contribution in [0.15, 0.2) is 24.3 Å². The summed E-state index contributed by atoms with van der Waals surface area (Å²) in [6.07, 6.45) is 22.3. The van der Waals surface area contributed by atoms with Gasteiger partial charge in [-0.3, -0.25) is 4.79 Å². The van der Waals surface area contributed by atoms with Gasteiger partial charge in [-0.15, -0.1) is 0 Å². The average molecular weight is 280 g/mol. The van der Waals surface area contributed by atoms with Gasteiger partial charge in [-0.05, 0) is 32.1 Å². The molecule has 0 aromatic heterocycles. The summed E-state index contributed by atoms with van der Waals surface area (Å²) in [6.45, 7) is 2.20. The van der Waals surface area contributed by atoms with Gasteiger partial charge in [0, 0.05) is 6.42 Å². The van der Waals surface area contributed by atoms with Crippen LogP contribution in [0, 0.1) is 0 Å². The van der Waals surface area contributed by atoms with Crippen LogP contribution in [0.3, 0.4) is 0 Å². The van der Waals surface area contributed by atoms with Crippen molar-refractivity contribution in [2.24, 2.45) is 0 Å². The third-order valence-corrected chi connectivity index (χ3v) is 3.32. The Morgan fingerprint density at radius 3 is 1.95 bits per heavy atom. The Labute approximate surface area is 125 Å². The fourth-order valence-electron chi connectivity index (χ4n) is 2.10. The van der Waals surface area contributed by atoms with Gasteiger partial charge in [0.15, 0.2) is 0 Å². The van der Waals surface area contributed by atoms with Crippen LogP contribution in [0.25, 0.3) is 0 Å². The Balaban J connectivity index is 3.12. The molecule has 0 spiro atoms. The van der Waals surface area contributed by atoms with Crippen molar-refractivity contribution in [1.29, 1.82) is 0 Å². The molecule has 116 valence electrons. The number of rotatable bonds is 14.